The molecule has 0 saturated heterocycles. The largest absolute Gasteiger partial charge is 0.460 e. The number of esters is 1. The van der Waals surface area contributed by atoms with Crippen molar-refractivity contribution in [3.8, 4) is 11.3 Å². The molecule has 1 aromatic heterocycles. The predicted octanol–water partition coefficient (Wildman–Crippen LogP) is 4.61. The molecule has 220 valence electrons. The number of alkyl halides is 2. The molecule has 0 unspecified atom stereocenters. The number of anilines is 1. The maximum Gasteiger partial charge on any atom is 0.408 e. The lowest BCUT2D eigenvalue weighted by Gasteiger charge is -2.26. The summed E-state index contributed by atoms with van der Waals surface area (Å²) >= 11 is 11.8. The van der Waals surface area contributed by atoms with Crippen molar-refractivity contribution < 1.29 is 33.2 Å². The number of aromatic nitrogens is 1. The number of carbonyl (C=O) groups excluding carboxylic acids is 4. The molecule has 0 aliphatic rings. The Morgan fingerprint density at radius 1 is 1.02 bits per heavy atom. The van der Waals surface area contributed by atoms with Crippen LogP contribution in [0.2, 0.25) is 0 Å². The van der Waals surface area contributed by atoms with E-state index in [0.717, 1.165) is 0 Å². The molecule has 2 rings (SSSR count). The van der Waals surface area contributed by atoms with E-state index in [1.807, 2.05) is 0 Å². The van der Waals surface area contributed by atoms with Gasteiger partial charge >= 0.3 is 12.1 Å². The molecule has 0 radical (unpaired) electrons. The lowest BCUT2D eigenvalue weighted by atomic mass is 10.1. The summed E-state index contributed by atoms with van der Waals surface area (Å²) in [5, 5.41) is 8.89. The van der Waals surface area contributed by atoms with E-state index in [-0.39, 0.29) is 25.9 Å². The highest BCUT2D eigenvalue weighted by Gasteiger charge is 2.27. The van der Waals surface area contributed by atoms with Gasteiger partial charge in [0.05, 0.1) is 6.20 Å². The quantitative estimate of drug-likeness (QED) is 0.282. The van der Waals surface area contributed by atoms with Crippen LogP contribution in [-0.2, 0) is 23.9 Å². The number of halogens is 2. The minimum atomic E-state index is -1.35. The number of rotatable bonds is 11. The van der Waals surface area contributed by atoms with E-state index in [1.54, 1.807) is 71.9 Å². The Hall–Kier alpha value is -3.31. The van der Waals surface area contributed by atoms with Crippen molar-refractivity contribution in [2.75, 3.05) is 18.0 Å². The molecular formula is C27H36Cl2N4O7. The molecule has 0 saturated carbocycles. The maximum absolute atomic E-state index is 13.1. The van der Waals surface area contributed by atoms with E-state index in [2.05, 4.69) is 15.8 Å². The zero-order chi connectivity index (χ0) is 30.1. The van der Waals surface area contributed by atoms with Crippen LogP contribution in [0.5, 0.6) is 0 Å². The SMILES string of the molecule is CC(C)(C)OC(=O)CC[C@H](NC(=O)OC(C)(C)C)C(=O)NCCN(C(=O)C(Cl)Cl)c1cccc(-c2ccno2)c1. The van der Waals surface area contributed by atoms with Gasteiger partial charge in [-0.1, -0.05) is 40.5 Å². The summed E-state index contributed by atoms with van der Waals surface area (Å²) in [6.07, 6.45) is 0.529. The Morgan fingerprint density at radius 2 is 1.70 bits per heavy atom. The van der Waals surface area contributed by atoms with Gasteiger partial charge in [0.25, 0.3) is 5.91 Å². The maximum atomic E-state index is 13.1. The molecule has 0 aliphatic heterocycles. The average molecular weight is 600 g/mol. The minimum Gasteiger partial charge on any atom is -0.460 e. The van der Waals surface area contributed by atoms with Crippen LogP contribution in [0.15, 0.2) is 41.1 Å². The number of alkyl carbamates (subject to hydrolysis) is 1. The van der Waals surface area contributed by atoms with Crippen LogP contribution in [0.4, 0.5) is 10.5 Å². The molecule has 1 atom stereocenters. The van der Waals surface area contributed by atoms with Gasteiger partial charge in [0.2, 0.25) is 5.91 Å². The van der Waals surface area contributed by atoms with Crippen LogP contribution in [0, 0.1) is 0 Å². The Bertz CT molecular complexity index is 1160. The molecule has 11 nitrogen and oxygen atoms in total. The highest BCUT2D eigenvalue weighted by molar-refractivity contribution is 6.54. The van der Waals surface area contributed by atoms with Crippen LogP contribution < -0.4 is 15.5 Å². The van der Waals surface area contributed by atoms with Crippen molar-refractivity contribution in [3.63, 3.8) is 0 Å². The topological polar surface area (TPSA) is 140 Å². The summed E-state index contributed by atoms with van der Waals surface area (Å²) in [5.41, 5.74) is -0.359. The zero-order valence-electron chi connectivity index (χ0n) is 23.5. The Labute approximate surface area is 243 Å². The fraction of sp³-hybridized carbons (Fsp3) is 0.519. The van der Waals surface area contributed by atoms with E-state index in [9.17, 15) is 19.2 Å². The smallest absolute Gasteiger partial charge is 0.408 e. The van der Waals surface area contributed by atoms with Crippen LogP contribution in [0.3, 0.4) is 0 Å². The molecule has 2 N–H and O–H groups in total. The zero-order valence-corrected chi connectivity index (χ0v) is 25.0. The minimum absolute atomic E-state index is 0.00555. The second-order valence-electron chi connectivity index (χ2n) is 10.8. The highest BCUT2D eigenvalue weighted by Crippen LogP contribution is 2.25. The van der Waals surface area contributed by atoms with Gasteiger partial charge in [-0.25, -0.2) is 4.79 Å². The van der Waals surface area contributed by atoms with E-state index < -0.39 is 46.0 Å². The molecule has 1 aromatic carbocycles. The molecular weight excluding hydrogens is 563 g/mol. The van der Waals surface area contributed by atoms with Crippen molar-refractivity contribution in [1.29, 1.82) is 0 Å². The Balaban J connectivity index is 2.13. The summed E-state index contributed by atoms with van der Waals surface area (Å²) < 4.78 is 15.8. The van der Waals surface area contributed by atoms with Crippen LogP contribution in [-0.4, -0.2) is 64.2 Å². The lowest BCUT2D eigenvalue weighted by Crippen LogP contribution is -2.50. The van der Waals surface area contributed by atoms with Crippen molar-refractivity contribution in [2.24, 2.45) is 0 Å². The first-order chi connectivity index (χ1) is 18.6. The number of hydrogen-bond donors (Lipinski definition) is 2. The van der Waals surface area contributed by atoms with Gasteiger partial charge in [0, 0.05) is 36.8 Å². The summed E-state index contributed by atoms with van der Waals surface area (Å²) in [6.45, 7) is 10.2. The number of nitrogens with zero attached hydrogens (tertiary/aromatic N) is 2. The van der Waals surface area contributed by atoms with Gasteiger partial charge in [0.15, 0.2) is 10.6 Å². The van der Waals surface area contributed by atoms with Gasteiger partial charge in [0.1, 0.15) is 17.2 Å². The average Bonchev–Trinajstić information content (AvgIpc) is 3.37. The van der Waals surface area contributed by atoms with E-state index in [4.69, 9.17) is 37.2 Å². The molecule has 0 spiro atoms. The third-order valence-corrected chi connectivity index (χ3v) is 5.41. The van der Waals surface area contributed by atoms with E-state index >= 15 is 0 Å². The van der Waals surface area contributed by atoms with Crippen LogP contribution >= 0.6 is 23.2 Å². The van der Waals surface area contributed by atoms with Gasteiger partial charge in [-0.15, -0.1) is 0 Å². The van der Waals surface area contributed by atoms with Crippen molar-refractivity contribution >= 4 is 52.8 Å². The van der Waals surface area contributed by atoms with E-state index in [1.165, 1.54) is 11.1 Å². The number of nitrogens with one attached hydrogen (secondary N) is 2. The first-order valence-electron chi connectivity index (χ1n) is 12.7. The van der Waals surface area contributed by atoms with Gasteiger partial charge in [-0.2, -0.15) is 0 Å². The van der Waals surface area contributed by atoms with Crippen molar-refractivity contribution in [1.82, 2.24) is 15.8 Å². The molecule has 0 aliphatic carbocycles. The molecule has 40 heavy (non-hydrogen) atoms. The molecule has 2 aromatic rings. The highest BCUT2D eigenvalue weighted by atomic mass is 35.5. The van der Waals surface area contributed by atoms with Gasteiger partial charge in [-0.05, 0) is 60.1 Å². The first kappa shape index (κ1) is 32.9. The Kier molecular flexibility index (Phi) is 11.8. The molecule has 0 bridgehead atoms. The van der Waals surface area contributed by atoms with E-state index in [0.29, 0.717) is 17.0 Å². The van der Waals surface area contributed by atoms with Crippen molar-refractivity contribution in [2.45, 2.75) is 76.5 Å². The third-order valence-electron chi connectivity index (χ3n) is 5.03. The summed E-state index contributed by atoms with van der Waals surface area (Å²) in [4.78, 5) is 50.5. The lowest BCUT2D eigenvalue weighted by molar-refractivity contribution is -0.155. The number of hydrogen-bond acceptors (Lipinski definition) is 8. The number of amides is 3. The number of benzene rings is 1. The summed E-state index contributed by atoms with van der Waals surface area (Å²) in [5.74, 6) is -1.20. The standard InChI is InChI=1S/C27H36Cl2N4O7/c1-26(2,3)38-21(34)11-10-19(32-25(37)39-27(4,5)6)23(35)30-14-15-33(24(36)22(28)29)18-9-7-8-17(16-18)20-12-13-31-40-20/h7-9,12-13,16,19,22H,10-11,14-15H2,1-6H3,(H,30,35)(H,32,37)/t19-/m0/s1. The Morgan fingerprint density at radius 3 is 2.27 bits per heavy atom. The second kappa shape index (κ2) is 14.4. The summed E-state index contributed by atoms with van der Waals surface area (Å²) in [6, 6.07) is 7.46. The molecule has 13 heteroatoms. The third kappa shape index (κ3) is 11.4. The molecule has 1 heterocycles. The van der Waals surface area contributed by atoms with Crippen molar-refractivity contribution in [3.05, 3.63) is 36.5 Å². The second-order valence-corrected chi connectivity index (χ2v) is 11.9. The molecule has 0 fully saturated rings. The fourth-order valence-electron chi connectivity index (χ4n) is 3.46. The van der Waals surface area contributed by atoms with Gasteiger partial charge in [-0.3, -0.25) is 14.4 Å². The van der Waals surface area contributed by atoms with Crippen LogP contribution in [0.1, 0.15) is 54.4 Å². The first-order valence-corrected chi connectivity index (χ1v) is 13.5. The number of carbonyl (C=O) groups is 4. The monoisotopic (exact) mass is 598 g/mol. The number of ether oxygens (including phenoxy) is 2. The van der Waals surface area contributed by atoms with Crippen LogP contribution in [0.25, 0.3) is 11.3 Å². The summed E-state index contributed by atoms with van der Waals surface area (Å²) in [7, 11) is 0. The normalized spacial score (nSPS) is 12.4. The van der Waals surface area contributed by atoms with Gasteiger partial charge < -0.3 is 29.5 Å². The fourth-order valence-corrected chi connectivity index (χ4v) is 3.70. The predicted molar refractivity (Wildman–Crippen MR) is 151 cm³/mol. The molecule has 3 amide bonds.